The summed E-state index contributed by atoms with van der Waals surface area (Å²) in [5.74, 6) is 0.268. The molecule has 0 unspecified atom stereocenters. The van der Waals surface area contributed by atoms with E-state index in [1.165, 1.54) is 6.07 Å². The van der Waals surface area contributed by atoms with Crippen LogP contribution in [0.25, 0.3) is 5.95 Å². The number of nitrogens with zero attached hydrogens (tertiary/aromatic N) is 6. The van der Waals surface area contributed by atoms with Crippen molar-refractivity contribution in [1.82, 2.24) is 24.6 Å². The van der Waals surface area contributed by atoms with E-state index >= 15 is 0 Å². The fourth-order valence-corrected chi connectivity index (χ4v) is 4.08. The third-order valence-electron chi connectivity index (χ3n) is 5.29. The molecule has 1 aromatic carbocycles. The Morgan fingerprint density at radius 3 is 2.57 bits per heavy atom. The molecule has 30 heavy (non-hydrogen) atoms. The van der Waals surface area contributed by atoms with Gasteiger partial charge in [-0.15, -0.1) is 0 Å². The summed E-state index contributed by atoms with van der Waals surface area (Å²) >= 11 is 3.35. The number of ketones is 1. The van der Waals surface area contributed by atoms with Crippen LogP contribution in [-0.2, 0) is 0 Å². The maximum atomic E-state index is 13.7. The van der Waals surface area contributed by atoms with Gasteiger partial charge in [-0.05, 0) is 31.2 Å². The maximum absolute atomic E-state index is 13.7. The van der Waals surface area contributed by atoms with Gasteiger partial charge in [-0.2, -0.15) is 5.10 Å². The number of hydrogen-bond acceptors (Lipinski definition) is 6. The number of anilines is 1. The van der Waals surface area contributed by atoms with Crippen LogP contribution in [0.2, 0.25) is 0 Å². The Kier molecular flexibility index (Phi) is 6.19. The van der Waals surface area contributed by atoms with Crippen molar-refractivity contribution in [3.8, 4) is 5.95 Å². The van der Waals surface area contributed by atoms with Gasteiger partial charge in [-0.1, -0.05) is 15.9 Å². The highest BCUT2D eigenvalue weighted by Gasteiger charge is 2.21. The second kappa shape index (κ2) is 9.01. The molecule has 3 aromatic rings. The zero-order valence-corrected chi connectivity index (χ0v) is 18.2. The van der Waals surface area contributed by atoms with E-state index < -0.39 is 0 Å². The molecule has 4 rings (SSSR count). The van der Waals surface area contributed by atoms with E-state index in [0.29, 0.717) is 24.5 Å². The summed E-state index contributed by atoms with van der Waals surface area (Å²) in [4.78, 5) is 25.5. The van der Waals surface area contributed by atoms with Crippen molar-refractivity contribution >= 4 is 27.4 Å². The minimum Gasteiger partial charge on any atom is -0.369 e. The summed E-state index contributed by atoms with van der Waals surface area (Å²) in [5.41, 5.74) is 2.22. The fourth-order valence-electron chi connectivity index (χ4n) is 3.63. The van der Waals surface area contributed by atoms with E-state index in [1.807, 2.05) is 13.0 Å². The highest BCUT2D eigenvalue weighted by Crippen LogP contribution is 2.23. The predicted octanol–water partition coefficient (Wildman–Crippen LogP) is 3.27. The lowest BCUT2D eigenvalue weighted by Gasteiger charge is -2.36. The van der Waals surface area contributed by atoms with Crippen molar-refractivity contribution in [2.45, 2.75) is 13.3 Å². The summed E-state index contributed by atoms with van der Waals surface area (Å²) < 4.78 is 16.0. The summed E-state index contributed by atoms with van der Waals surface area (Å²) in [6.45, 7) is 5.80. The minimum absolute atomic E-state index is 0.0613. The molecule has 7 nitrogen and oxygen atoms in total. The Balaban J connectivity index is 1.32. The Morgan fingerprint density at radius 2 is 1.87 bits per heavy atom. The van der Waals surface area contributed by atoms with Crippen molar-refractivity contribution in [2.24, 2.45) is 0 Å². The van der Waals surface area contributed by atoms with E-state index in [9.17, 15) is 9.18 Å². The van der Waals surface area contributed by atoms with E-state index in [4.69, 9.17) is 0 Å². The van der Waals surface area contributed by atoms with Crippen LogP contribution in [0.4, 0.5) is 10.1 Å². The number of Topliss-reactive ketones (excluding diaryl/α,β-unsaturated/α-hetero) is 1. The normalized spacial score (nSPS) is 14.8. The van der Waals surface area contributed by atoms with Crippen molar-refractivity contribution in [2.75, 3.05) is 37.6 Å². The summed E-state index contributed by atoms with van der Waals surface area (Å²) in [7, 11) is 0. The monoisotopic (exact) mass is 472 g/mol. The first kappa shape index (κ1) is 20.6. The highest BCUT2D eigenvalue weighted by molar-refractivity contribution is 9.10. The van der Waals surface area contributed by atoms with E-state index in [0.717, 1.165) is 42.0 Å². The number of carbonyl (C=O) groups is 1. The van der Waals surface area contributed by atoms with Gasteiger partial charge < -0.3 is 4.90 Å². The van der Waals surface area contributed by atoms with Gasteiger partial charge in [-0.25, -0.2) is 19.0 Å². The average molecular weight is 473 g/mol. The van der Waals surface area contributed by atoms with Gasteiger partial charge in [0, 0.05) is 61.7 Å². The molecule has 1 aliphatic rings. The molecule has 0 saturated carbocycles. The first-order valence-corrected chi connectivity index (χ1v) is 10.6. The van der Waals surface area contributed by atoms with Crippen molar-refractivity contribution in [3.63, 3.8) is 0 Å². The Morgan fingerprint density at radius 1 is 1.13 bits per heavy atom. The van der Waals surface area contributed by atoms with Gasteiger partial charge in [0.05, 0.1) is 17.5 Å². The van der Waals surface area contributed by atoms with Gasteiger partial charge in [0.2, 0.25) is 0 Å². The Bertz CT molecular complexity index is 1010. The van der Waals surface area contributed by atoms with Crippen molar-refractivity contribution in [1.29, 1.82) is 0 Å². The standard InChI is InChI=1S/C21H22BrFN6O/c1-15-19(14-26-29(15)21-24-4-2-5-25-21)20(30)3-6-27-7-9-28(10-8-27)18-12-16(22)11-17(23)13-18/h2,4-5,11-14H,3,6-10H2,1H3. The van der Waals surface area contributed by atoms with Crippen LogP contribution >= 0.6 is 15.9 Å². The molecule has 2 aromatic heterocycles. The third kappa shape index (κ3) is 4.57. The molecular formula is C21H22BrFN6O. The average Bonchev–Trinajstić information content (AvgIpc) is 3.14. The van der Waals surface area contributed by atoms with Crippen molar-refractivity contribution in [3.05, 3.63) is 64.4 Å². The van der Waals surface area contributed by atoms with Crippen LogP contribution in [-0.4, -0.2) is 63.2 Å². The number of rotatable bonds is 6. The predicted molar refractivity (Wildman–Crippen MR) is 116 cm³/mol. The van der Waals surface area contributed by atoms with Gasteiger partial charge in [0.25, 0.3) is 5.95 Å². The summed E-state index contributed by atoms with van der Waals surface area (Å²) in [6, 6.07) is 6.68. The SMILES string of the molecule is Cc1c(C(=O)CCN2CCN(c3cc(F)cc(Br)c3)CC2)cnn1-c1ncccn1. The molecule has 0 amide bonds. The Hall–Kier alpha value is -2.65. The van der Waals surface area contributed by atoms with Crippen LogP contribution in [0, 0.1) is 12.7 Å². The zero-order valence-electron chi connectivity index (χ0n) is 16.6. The number of carbonyl (C=O) groups excluding carboxylic acids is 1. The lowest BCUT2D eigenvalue weighted by molar-refractivity contribution is 0.0962. The molecular weight excluding hydrogens is 451 g/mol. The number of benzene rings is 1. The molecule has 3 heterocycles. The van der Waals surface area contributed by atoms with Crippen LogP contribution in [0.15, 0.2) is 47.3 Å². The lowest BCUT2D eigenvalue weighted by Crippen LogP contribution is -2.47. The first-order valence-electron chi connectivity index (χ1n) is 9.80. The smallest absolute Gasteiger partial charge is 0.250 e. The molecule has 0 atom stereocenters. The summed E-state index contributed by atoms with van der Waals surface area (Å²) in [5, 5.41) is 4.28. The van der Waals surface area contributed by atoms with E-state index in [2.05, 4.69) is 40.8 Å². The van der Waals surface area contributed by atoms with Gasteiger partial charge in [0.1, 0.15) is 5.82 Å². The molecule has 1 saturated heterocycles. The van der Waals surface area contributed by atoms with Gasteiger partial charge in [-0.3, -0.25) is 9.69 Å². The number of halogens is 2. The van der Waals surface area contributed by atoms with Crippen LogP contribution in [0.1, 0.15) is 22.5 Å². The van der Waals surface area contributed by atoms with Gasteiger partial charge in [0.15, 0.2) is 5.78 Å². The highest BCUT2D eigenvalue weighted by atomic mass is 79.9. The largest absolute Gasteiger partial charge is 0.369 e. The molecule has 0 radical (unpaired) electrons. The quantitative estimate of drug-likeness (QED) is 0.512. The molecule has 156 valence electrons. The van der Waals surface area contributed by atoms with Crippen molar-refractivity contribution < 1.29 is 9.18 Å². The van der Waals surface area contributed by atoms with Gasteiger partial charge >= 0.3 is 0 Å². The second-order valence-electron chi connectivity index (χ2n) is 7.23. The fraction of sp³-hybridized carbons (Fsp3) is 0.333. The van der Waals surface area contributed by atoms with E-state index in [-0.39, 0.29) is 11.6 Å². The molecule has 9 heteroatoms. The second-order valence-corrected chi connectivity index (χ2v) is 8.15. The molecule has 0 bridgehead atoms. The van der Waals surface area contributed by atoms with Crippen LogP contribution in [0.3, 0.4) is 0 Å². The molecule has 1 fully saturated rings. The zero-order chi connectivity index (χ0) is 21.1. The van der Waals surface area contributed by atoms with Crippen LogP contribution < -0.4 is 4.90 Å². The minimum atomic E-state index is -0.246. The Labute approximate surface area is 182 Å². The van der Waals surface area contributed by atoms with E-state index in [1.54, 1.807) is 35.4 Å². The molecule has 0 aliphatic carbocycles. The third-order valence-corrected chi connectivity index (χ3v) is 5.75. The summed E-state index contributed by atoms with van der Waals surface area (Å²) in [6.07, 6.45) is 5.31. The molecule has 0 N–H and O–H groups in total. The number of hydrogen-bond donors (Lipinski definition) is 0. The molecule has 0 spiro atoms. The molecule has 1 aliphatic heterocycles. The topological polar surface area (TPSA) is 67.2 Å². The number of aromatic nitrogens is 4. The number of piperazine rings is 1. The van der Waals surface area contributed by atoms with Crippen LogP contribution in [0.5, 0.6) is 0 Å². The lowest BCUT2D eigenvalue weighted by atomic mass is 10.1. The maximum Gasteiger partial charge on any atom is 0.250 e. The first-order chi connectivity index (χ1) is 14.5.